The van der Waals surface area contributed by atoms with Gasteiger partial charge in [-0.05, 0) is 61.9 Å². The van der Waals surface area contributed by atoms with E-state index in [0.29, 0.717) is 5.56 Å². The van der Waals surface area contributed by atoms with E-state index in [0.717, 1.165) is 36.9 Å². The first kappa shape index (κ1) is 17.6. The maximum absolute atomic E-state index is 12.5. The van der Waals surface area contributed by atoms with E-state index in [2.05, 4.69) is 10.3 Å². The van der Waals surface area contributed by atoms with Gasteiger partial charge in [-0.25, -0.2) is 8.42 Å². The molecule has 0 spiro atoms. The summed E-state index contributed by atoms with van der Waals surface area (Å²) in [5, 5.41) is 2.95. The lowest BCUT2D eigenvalue weighted by atomic mass is 9.95. The van der Waals surface area contributed by atoms with E-state index >= 15 is 0 Å². The number of amides is 1. The average Bonchev–Trinajstić information content (AvgIpc) is 2.60. The molecule has 1 amide bonds. The van der Waals surface area contributed by atoms with Gasteiger partial charge in [0.05, 0.1) is 16.5 Å². The van der Waals surface area contributed by atoms with Crippen LogP contribution in [0, 0.1) is 0 Å². The van der Waals surface area contributed by atoms with Crippen molar-refractivity contribution < 1.29 is 13.2 Å². The van der Waals surface area contributed by atoms with Gasteiger partial charge in [-0.2, -0.15) is 0 Å². The zero-order valence-electron chi connectivity index (χ0n) is 14.5. The summed E-state index contributed by atoms with van der Waals surface area (Å²) in [7, 11) is -3.22. The van der Waals surface area contributed by atoms with Crippen molar-refractivity contribution in [3.8, 4) is 0 Å². The number of carbonyl (C=O) groups is 1. The molecule has 2 aromatic rings. The number of benzene rings is 1. The zero-order chi connectivity index (χ0) is 18.0. The molecule has 0 fully saturated rings. The number of hydrogen-bond acceptors (Lipinski definition) is 4. The minimum absolute atomic E-state index is 0.166. The number of aromatic nitrogens is 1. The van der Waals surface area contributed by atoms with Crippen molar-refractivity contribution in [2.75, 3.05) is 6.26 Å². The topological polar surface area (TPSA) is 76.1 Å². The van der Waals surface area contributed by atoms with Crippen LogP contribution in [0.25, 0.3) is 0 Å². The second-order valence-corrected chi connectivity index (χ2v) is 8.59. The predicted octanol–water partition coefficient (Wildman–Crippen LogP) is 2.85. The summed E-state index contributed by atoms with van der Waals surface area (Å²) in [6.45, 7) is 1.87. The van der Waals surface area contributed by atoms with E-state index in [4.69, 9.17) is 0 Å². The Kier molecular flexibility index (Phi) is 4.90. The van der Waals surface area contributed by atoms with Gasteiger partial charge in [-0.3, -0.25) is 9.78 Å². The Morgan fingerprint density at radius 2 is 1.84 bits per heavy atom. The summed E-state index contributed by atoms with van der Waals surface area (Å²) in [4.78, 5) is 17.2. The van der Waals surface area contributed by atoms with Crippen molar-refractivity contribution >= 4 is 15.7 Å². The highest BCUT2D eigenvalue weighted by Gasteiger charge is 2.16. The first-order valence-corrected chi connectivity index (χ1v) is 10.3. The SMILES string of the molecule is C[C@H](NC(=O)c1cnc2c(c1)CCCC2)c1ccc(S(C)(=O)=O)cc1. The van der Waals surface area contributed by atoms with Crippen LogP contribution in [0.5, 0.6) is 0 Å². The maximum Gasteiger partial charge on any atom is 0.253 e. The van der Waals surface area contributed by atoms with Gasteiger partial charge in [-0.15, -0.1) is 0 Å². The summed E-state index contributed by atoms with van der Waals surface area (Å²) >= 11 is 0. The van der Waals surface area contributed by atoms with Crippen molar-refractivity contribution in [3.63, 3.8) is 0 Å². The smallest absolute Gasteiger partial charge is 0.253 e. The highest BCUT2D eigenvalue weighted by Crippen LogP contribution is 2.21. The maximum atomic E-state index is 12.5. The fraction of sp³-hybridized carbons (Fsp3) is 0.368. The number of nitrogens with zero attached hydrogens (tertiary/aromatic N) is 1. The van der Waals surface area contributed by atoms with Gasteiger partial charge < -0.3 is 5.32 Å². The molecule has 0 saturated heterocycles. The molecule has 1 aromatic heterocycles. The molecule has 1 heterocycles. The van der Waals surface area contributed by atoms with Crippen LogP contribution >= 0.6 is 0 Å². The number of carbonyl (C=O) groups excluding carboxylic acids is 1. The van der Waals surface area contributed by atoms with Crippen LogP contribution in [0.1, 0.15) is 53.0 Å². The molecule has 0 bridgehead atoms. The summed E-state index contributed by atoms with van der Waals surface area (Å²) in [5.41, 5.74) is 3.70. The lowest BCUT2D eigenvalue weighted by Crippen LogP contribution is -2.27. The lowest BCUT2D eigenvalue weighted by molar-refractivity contribution is 0.0939. The molecule has 1 atom stereocenters. The molecule has 1 N–H and O–H groups in total. The van der Waals surface area contributed by atoms with Gasteiger partial charge in [0.25, 0.3) is 5.91 Å². The second kappa shape index (κ2) is 6.96. The lowest BCUT2D eigenvalue weighted by Gasteiger charge is -2.17. The van der Waals surface area contributed by atoms with Gasteiger partial charge in [0.2, 0.25) is 0 Å². The largest absolute Gasteiger partial charge is 0.345 e. The van der Waals surface area contributed by atoms with Gasteiger partial charge in [0.15, 0.2) is 9.84 Å². The standard InChI is InChI=1S/C19H22N2O3S/c1-13(14-7-9-17(10-8-14)25(2,23)24)21-19(22)16-11-15-5-3-4-6-18(15)20-12-16/h7-13H,3-6H2,1-2H3,(H,21,22)/t13-/m0/s1. The van der Waals surface area contributed by atoms with E-state index in [1.54, 1.807) is 30.5 Å². The minimum Gasteiger partial charge on any atom is -0.345 e. The van der Waals surface area contributed by atoms with Crippen molar-refractivity contribution in [2.24, 2.45) is 0 Å². The first-order chi connectivity index (χ1) is 11.8. The summed E-state index contributed by atoms with van der Waals surface area (Å²) in [6.07, 6.45) is 7.08. The number of hydrogen-bond donors (Lipinski definition) is 1. The van der Waals surface area contributed by atoms with Crippen molar-refractivity contribution in [1.82, 2.24) is 10.3 Å². The zero-order valence-corrected chi connectivity index (χ0v) is 15.3. The molecule has 132 valence electrons. The Hall–Kier alpha value is -2.21. The van der Waals surface area contributed by atoms with Gasteiger partial charge >= 0.3 is 0 Å². The Morgan fingerprint density at radius 1 is 1.16 bits per heavy atom. The monoisotopic (exact) mass is 358 g/mol. The van der Waals surface area contributed by atoms with E-state index < -0.39 is 9.84 Å². The highest BCUT2D eigenvalue weighted by molar-refractivity contribution is 7.90. The van der Waals surface area contributed by atoms with E-state index in [1.807, 2.05) is 13.0 Å². The number of aryl methyl sites for hydroxylation is 2. The third-order valence-electron chi connectivity index (χ3n) is 4.59. The Labute approximate surface area is 148 Å². The number of rotatable bonds is 4. The average molecular weight is 358 g/mol. The molecular weight excluding hydrogens is 336 g/mol. The fourth-order valence-corrected chi connectivity index (χ4v) is 3.71. The van der Waals surface area contributed by atoms with Crippen LogP contribution in [-0.4, -0.2) is 25.6 Å². The Morgan fingerprint density at radius 3 is 2.52 bits per heavy atom. The molecule has 5 nitrogen and oxygen atoms in total. The second-order valence-electron chi connectivity index (χ2n) is 6.57. The van der Waals surface area contributed by atoms with Crippen LogP contribution in [0.15, 0.2) is 41.4 Å². The Balaban J connectivity index is 1.72. The molecule has 1 aromatic carbocycles. The van der Waals surface area contributed by atoms with Crippen LogP contribution in [0.2, 0.25) is 0 Å². The van der Waals surface area contributed by atoms with Crippen molar-refractivity contribution in [3.05, 3.63) is 58.9 Å². The molecular formula is C19H22N2O3S. The van der Waals surface area contributed by atoms with E-state index in [-0.39, 0.29) is 16.8 Å². The van der Waals surface area contributed by atoms with Crippen LogP contribution in [0.3, 0.4) is 0 Å². The van der Waals surface area contributed by atoms with Crippen molar-refractivity contribution in [1.29, 1.82) is 0 Å². The molecule has 0 saturated carbocycles. The molecule has 0 unspecified atom stereocenters. The summed E-state index contributed by atoms with van der Waals surface area (Å²) in [5.74, 6) is -0.166. The van der Waals surface area contributed by atoms with Gasteiger partial charge in [0, 0.05) is 18.1 Å². The van der Waals surface area contributed by atoms with Gasteiger partial charge in [0.1, 0.15) is 0 Å². The Bertz CT molecular complexity index is 889. The normalized spacial score (nSPS) is 15.3. The van der Waals surface area contributed by atoms with E-state index in [1.165, 1.54) is 11.8 Å². The van der Waals surface area contributed by atoms with Crippen LogP contribution in [-0.2, 0) is 22.7 Å². The number of sulfone groups is 1. The van der Waals surface area contributed by atoms with Crippen LogP contribution in [0.4, 0.5) is 0 Å². The number of nitrogens with one attached hydrogen (secondary N) is 1. The quantitative estimate of drug-likeness (QED) is 0.912. The molecule has 1 aliphatic carbocycles. The van der Waals surface area contributed by atoms with Crippen LogP contribution < -0.4 is 5.32 Å². The minimum atomic E-state index is -3.22. The number of pyridine rings is 1. The highest BCUT2D eigenvalue weighted by atomic mass is 32.2. The fourth-order valence-electron chi connectivity index (χ4n) is 3.08. The van der Waals surface area contributed by atoms with E-state index in [9.17, 15) is 13.2 Å². The molecule has 6 heteroatoms. The molecule has 0 aliphatic heterocycles. The third kappa shape index (κ3) is 4.07. The predicted molar refractivity (Wildman–Crippen MR) is 96.3 cm³/mol. The molecule has 25 heavy (non-hydrogen) atoms. The third-order valence-corrected chi connectivity index (χ3v) is 5.72. The summed E-state index contributed by atoms with van der Waals surface area (Å²) in [6, 6.07) is 8.30. The van der Waals surface area contributed by atoms with Crippen molar-refractivity contribution in [2.45, 2.75) is 43.5 Å². The summed E-state index contributed by atoms with van der Waals surface area (Å²) < 4.78 is 23.0. The molecule has 0 radical (unpaired) electrons. The molecule has 3 rings (SSSR count). The number of fused-ring (bicyclic) bond motifs is 1. The molecule has 1 aliphatic rings. The first-order valence-electron chi connectivity index (χ1n) is 8.43. The van der Waals surface area contributed by atoms with Gasteiger partial charge in [-0.1, -0.05) is 12.1 Å².